The second-order valence-corrected chi connectivity index (χ2v) is 6.27. The molecule has 1 heterocycles. The van der Waals surface area contributed by atoms with Gasteiger partial charge in [0, 0.05) is 24.7 Å². The standard InChI is InChI=1S/C12H24N2O3/c1-11(2,3)17-10(16)14-6-9(7-15)13-12(4,5)8-14/h9,13,15H,6-8H2,1-5H3. The number of carbonyl (C=O) groups is 1. The normalized spacial score (nSPS) is 24.6. The van der Waals surface area contributed by atoms with Crippen LogP contribution in [0.1, 0.15) is 34.6 Å². The van der Waals surface area contributed by atoms with Gasteiger partial charge in [-0.25, -0.2) is 4.79 Å². The zero-order valence-electron chi connectivity index (χ0n) is 11.4. The number of hydrogen-bond acceptors (Lipinski definition) is 4. The maximum atomic E-state index is 12.0. The van der Waals surface area contributed by atoms with E-state index in [4.69, 9.17) is 4.74 Å². The number of amides is 1. The number of nitrogens with one attached hydrogen (secondary N) is 1. The van der Waals surface area contributed by atoms with Crippen LogP contribution in [0, 0.1) is 0 Å². The number of piperazine rings is 1. The van der Waals surface area contributed by atoms with Crippen LogP contribution < -0.4 is 5.32 Å². The second kappa shape index (κ2) is 4.82. The molecule has 0 radical (unpaired) electrons. The molecule has 5 nitrogen and oxygen atoms in total. The summed E-state index contributed by atoms with van der Waals surface area (Å²) >= 11 is 0. The quantitative estimate of drug-likeness (QED) is 0.721. The summed E-state index contributed by atoms with van der Waals surface area (Å²) in [6.07, 6.45) is -0.314. The van der Waals surface area contributed by atoms with E-state index in [0.717, 1.165) is 0 Å². The fraction of sp³-hybridized carbons (Fsp3) is 0.917. The zero-order chi connectivity index (χ0) is 13.3. The van der Waals surface area contributed by atoms with Crippen LogP contribution in [0.15, 0.2) is 0 Å². The first-order chi connectivity index (χ1) is 7.63. The van der Waals surface area contributed by atoms with Crippen LogP contribution in [-0.2, 0) is 4.74 Å². The fourth-order valence-electron chi connectivity index (χ4n) is 2.02. The summed E-state index contributed by atoms with van der Waals surface area (Å²) in [6, 6.07) is -0.0914. The number of nitrogens with zero attached hydrogens (tertiary/aromatic N) is 1. The second-order valence-electron chi connectivity index (χ2n) is 6.27. The van der Waals surface area contributed by atoms with E-state index in [1.54, 1.807) is 4.90 Å². The first-order valence-corrected chi connectivity index (χ1v) is 5.99. The Kier molecular flexibility index (Phi) is 4.04. The molecule has 0 spiro atoms. The Bertz CT molecular complexity index is 284. The number of aliphatic hydroxyl groups excluding tert-OH is 1. The molecule has 0 aromatic rings. The van der Waals surface area contributed by atoms with Gasteiger partial charge in [0.2, 0.25) is 0 Å². The average molecular weight is 244 g/mol. The van der Waals surface area contributed by atoms with Gasteiger partial charge in [0.1, 0.15) is 5.60 Å². The van der Waals surface area contributed by atoms with Crippen molar-refractivity contribution in [2.45, 2.75) is 51.8 Å². The van der Waals surface area contributed by atoms with E-state index in [1.165, 1.54) is 0 Å². The minimum Gasteiger partial charge on any atom is -0.444 e. The number of carbonyl (C=O) groups excluding carboxylic acids is 1. The topological polar surface area (TPSA) is 61.8 Å². The van der Waals surface area contributed by atoms with E-state index < -0.39 is 5.60 Å². The smallest absolute Gasteiger partial charge is 0.410 e. The fourth-order valence-corrected chi connectivity index (χ4v) is 2.02. The average Bonchev–Trinajstić information content (AvgIpc) is 2.12. The van der Waals surface area contributed by atoms with Crippen LogP contribution in [0.3, 0.4) is 0 Å². The molecule has 0 aromatic heterocycles. The van der Waals surface area contributed by atoms with Gasteiger partial charge in [-0.1, -0.05) is 0 Å². The molecule has 1 unspecified atom stereocenters. The maximum absolute atomic E-state index is 12.0. The van der Waals surface area contributed by atoms with E-state index in [2.05, 4.69) is 5.32 Å². The molecule has 1 rings (SSSR count). The minimum atomic E-state index is -0.485. The summed E-state index contributed by atoms with van der Waals surface area (Å²) in [4.78, 5) is 13.6. The van der Waals surface area contributed by atoms with Crippen LogP contribution in [0.2, 0.25) is 0 Å². The summed E-state index contributed by atoms with van der Waals surface area (Å²) < 4.78 is 5.34. The monoisotopic (exact) mass is 244 g/mol. The van der Waals surface area contributed by atoms with Crippen molar-refractivity contribution in [3.05, 3.63) is 0 Å². The largest absolute Gasteiger partial charge is 0.444 e. The van der Waals surface area contributed by atoms with Crippen molar-refractivity contribution in [1.29, 1.82) is 0 Å². The van der Waals surface area contributed by atoms with Crippen molar-refractivity contribution in [2.75, 3.05) is 19.7 Å². The zero-order valence-corrected chi connectivity index (χ0v) is 11.4. The van der Waals surface area contributed by atoms with Gasteiger partial charge in [0.05, 0.1) is 6.61 Å². The lowest BCUT2D eigenvalue weighted by molar-refractivity contribution is 0.00534. The summed E-state index contributed by atoms with van der Waals surface area (Å²) in [6.45, 7) is 10.6. The van der Waals surface area contributed by atoms with Crippen LogP contribution in [-0.4, -0.2) is 53.0 Å². The van der Waals surface area contributed by atoms with Gasteiger partial charge < -0.3 is 20.1 Å². The van der Waals surface area contributed by atoms with Gasteiger partial charge >= 0.3 is 6.09 Å². The van der Waals surface area contributed by atoms with E-state index in [1.807, 2.05) is 34.6 Å². The van der Waals surface area contributed by atoms with Crippen molar-refractivity contribution in [1.82, 2.24) is 10.2 Å². The molecule has 1 fully saturated rings. The predicted octanol–water partition coefficient (Wildman–Crippen LogP) is 0.966. The van der Waals surface area contributed by atoms with Crippen molar-refractivity contribution >= 4 is 6.09 Å². The summed E-state index contributed by atoms with van der Waals surface area (Å²) in [5.74, 6) is 0. The molecule has 1 saturated heterocycles. The molecule has 1 amide bonds. The Morgan fingerprint density at radius 2 is 2.12 bits per heavy atom. The van der Waals surface area contributed by atoms with Gasteiger partial charge in [-0.05, 0) is 34.6 Å². The van der Waals surface area contributed by atoms with E-state index in [0.29, 0.717) is 13.1 Å². The highest BCUT2D eigenvalue weighted by molar-refractivity contribution is 5.68. The molecule has 5 heteroatoms. The minimum absolute atomic E-state index is 0.0166. The molecule has 0 aliphatic carbocycles. The van der Waals surface area contributed by atoms with Crippen LogP contribution in [0.25, 0.3) is 0 Å². The summed E-state index contributed by atoms with van der Waals surface area (Å²) in [5, 5.41) is 12.5. The summed E-state index contributed by atoms with van der Waals surface area (Å²) in [5.41, 5.74) is -0.691. The molecule has 100 valence electrons. The SMILES string of the molecule is CC1(C)CN(C(=O)OC(C)(C)C)CC(CO)N1. The number of hydrogen-bond donors (Lipinski definition) is 2. The molecule has 1 aliphatic rings. The lowest BCUT2D eigenvalue weighted by Gasteiger charge is -2.43. The van der Waals surface area contributed by atoms with E-state index >= 15 is 0 Å². The lowest BCUT2D eigenvalue weighted by atomic mass is 9.99. The van der Waals surface area contributed by atoms with Crippen molar-refractivity contribution in [3.8, 4) is 0 Å². The molecule has 0 bridgehead atoms. The molecule has 1 aliphatic heterocycles. The number of aliphatic hydroxyl groups is 1. The van der Waals surface area contributed by atoms with Crippen molar-refractivity contribution < 1.29 is 14.6 Å². The van der Waals surface area contributed by atoms with Crippen LogP contribution >= 0.6 is 0 Å². The van der Waals surface area contributed by atoms with Gasteiger partial charge in [0.25, 0.3) is 0 Å². The van der Waals surface area contributed by atoms with Crippen molar-refractivity contribution in [2.24, 2.45) is 0 Å². The van der Waals surface area contributed by atoms with E-state index in [-0.39, 0.29) is 24.3 Å². The van der Waals surface area contributed by atoms with E-state index in [9.17, 15) is 9.90 Å². The maximum Gasteiger partial charge on any atom is 0.410 e. The molecule has 1 atom stereocenters. The van der Waals surface area contributed by atoms with Gasteiger partial charge in [-0.3, -0.25) is 0 Å². The Balaban J connectivity index is 2.67. The number of rotatable bonds is 1. The van der Waals surface area contributed by atoms with Gasteiger partial charge in [-0.15, -0.1) is 0 Å². The number of ether oxygens (including phenoxy) is 1. The molecule has 0 saturated carbocycles. The predicted molar refractivity (Wildman–Crippen MR) is 65.9 cm³/mol. The highest BCUT2D eigenvalue weighted by atomic mass is 16.6. The molecular formula is C12H24N2O3. The van der Waals surface area contributed by atoms with Gasteiger partial charge in [-0.2, -0.15) is 0 Å². The molecule has 2 N–H and O–H groups in total. The molecular weight excluding hydrogens is 220 g/mol. The lowest BCUT2D eigenvalue weighted by Crippen LogP contribution is -2.64. The Morgan fingerprint density at radius 3 is 2.59 bits per heavy atom. The molecule has 0 aromatic carbocycles. The molecule has 17 heavy (non-hydrogen) atoms. The van der Waals surface area contributed by atoms with Crippen LogP contribution in [0.4, 0.5) is 4.79 Å². The Morgan fingerprint density at radius 1 is 1.53 bits per heavy atom. The summed E-state index contributed by atoms with van der Waals surface area (Å²) in [7, 11) is 0. The third kappa shape index (κ3) is 4.52. The highest BCUT2D eigenvalue weighted by Gasteiger charge is 2.35. The van der Waals surface area contributed by atoms with Gasteiger partial charge in [0.15, 0.2) is 0 Å². The highest BCUT2D eigenvalue weighted by Crippen LogP contribution is 2.17. The first-order valence-electron chi connectivity index (χ1n) is 5.99. The van der Waals surface area contributed by atoms with Crippen molar-refractivity contribution in [3.63, 3.8) is 0 Å². The Labute approximate surface area is 103 Å². The third-order valence-electron chi connectivity index (χ3n) is 2.49. The Hall–Kier alpha value is -0.810. The third-order valence-corrected chi connectivity index (χ3v) is 2.49. The first kappa shape index (κ1) is 14.3. The van der Waals surface area contributed by atoms with Crippen LogP contribution in [0.5, 0.6) is 0 Å².